The molecule has 2 aliphatic rings. The predicted octanol–water partition coefficient (Wildman–Crippen LogP) is 1.73. The molecule has 2 saturated heterocycles. The summed E-state index contributed by atoms with van der Waals surface area (Å²) in [5.41, 5.74) is 1.15. The predicted molar refractivity (Wildman–Crippen MR) is 103 cm³/mol. The minimum atomic E-state index is -0.203. The number of quaternary nitrogens is 1. The van der Waals surface area contributed by atoms with Crippen molar-refractivity contribution in [3.05, 3.63) is 39.9 Å². The number of amides is 1. The molecule has 0 spiro atoms. The topological polar surface area (TPSA) is 29.5 Å². The van der Waals surface area contributed by atoms with Crippen LogP contribution < -0.4 is 28.9 Å². The minimum Gasteiger partial charge on any atom is -1.00 e. The molecule has 4 nitrogen and oxygen atoms in total. The zero-order chi connectivity index (χ0) is 17.4. The Morgan fingerprint density at radius 3 is 2.54 bits per heavy atom. The van der Waals surface area contributed by atoms with Crippen molar-refractivity contribution < 1.29 is 38.0 Å². The summed E-state index contributed by atoms with van der Waals surface area (Å²) in [5, 5.41) is 7.09. The molecule has 7 heteroatoms. The Morgan fingerprint density at radius 2 is 1.96 bits per heavy atom. The second-order valence-corrected chi connectivity index (χ2v) is 9.37. The SMILES string of the molecule is C[N+]1(C)C2CCC1CC(OC(=O)N(Cc1ccsc1)c1cccs1)C2.[I-]. The minimum absolute atomic E-state index is 0. The lowest BCUT2D eigenvalue weighted by Gasteiger charge is -2.44. The number of hydrogen-bond acceptors (Lipinski definition) is 4. The van der Waals surface area contributed by atoms with E-state index in [9.17, 15) is 4.79 Å². The molecular formula is C19H25IN2O2S2. The zero-order valence-electron chi connectivity index (χ0n) is 15.1. The van der Waals surface area contributed by atoms with Crippen LogP contribution in [0.25, 0.3) is 0 Å². The Labute approximate surface area is 180 Å². The summed E-state index contributed by atoms with van der Waals surface area (Å²) in [7, 11) is 4.66. The molecule has 2 atom stereocenters. The van der Waals surface area contributed by atoms with E-state index in [-0.39, 0.29) is 36.2 Å². The van der Waals surface area contributed by atoms with Crippen molar-refractivity contribution in [2.75, 3.05) is 19.0 Å². The number of thiophene rings is 2. The Morgan fingerprint density at radius 1 is 1.23 bits per heavy atom. The van der Waals surface area contributed by atoms with Gasteiger partial charge in [0.25, 0.3) is 0 Å². The van der Waals surface area contributed by atoms with Crippen LogP contribution in [0, 0.1) is 0 Å². The van der Waals surface area contributed by atoms with E-state index in [1.807, 2.05) is 22.9 Å². The summed E-state index contributed by atoms with van der Waals surface area (Å²) in [6.45, 7) is 0.573. The molecule has 2 aromatic rings. The van der Waals surface area contributed by atoms with Gasteiger partial charge in [-0.2, -0.15) is 11.3 Å². The van der Waals surface area contributed by atoms with Crippen molar-refractivity contribution in [1.82, 2.24) is 0 Å². The number of piperidine rings is 1. The van der Waals surface area contributed by atoms with E-state index < -0.39 is 0 Å². The number of halogens is 1. The van der Waals surface area contributed by atoms with Crippen LogP contribution in [-0.4, -0.2) is 42.9 Å². The molecule has 4 heterocycles. The summed E-state index contributed by atoms with van der Waals surface area (Å²) in [6.07, 6.45) is 4.36. The summed E-state index contributed by atoms with van der Waals surface area (Å²) in [6, 6.07) is 7.30. The lowest BCUT2D eigenvalue weighted by atomic mass is 9.98. The first-order valence-electron chi connectivity index (χ1n) is 8.90. The van der Waals surface area contributed by atoms with E-state index in [1.54, 1.807) is 27.6 Å². The highest BCUT2D eigenvalue weighted by atomic mass is 127. The van der Waals surface area contributed by atoms with Crippen LogP contribution in [0.3, 0.4) is 0 Å². The van der Waals surface area contributed by atoms with Crippen LogP contribution in [0.2, 0.25) is 0 Å². The average Bonchev–Trinajstić information content (AvgIpc) is 3.28. The van der Waals surface area contributed by atoms with Gasteiger partial charge in [0.2, 0.25) is 0 Å². The normalized spacial score (nSPS) is 26.2. The number of carbonyl (C=O) groups excluding carboxylic acids is 1. The first-order valence-corrected chi connectivity index (χ1v) is 10.7. The fourth-order valence-electron chi connectivity index (χ4n) is 4.35. The van der Waals surface area contributed by atoms with Crippen molar-refractivity contribution in [2.45, 2.75) is 50.4 Å². The van der Waals surface area contributed by atoms with Gasteiger partial charge in [0.05, 0.1) is 32.7 Å². The molecule has 0 N–H and O–H groups in total. The molecule has 1 amide bonds. The third-order valence-corrected chi connectivity index (χ3v) is 7.59. The van der Waals surface area contributed by atoms with Crippen molar-refractivity contribution in [3.63, 3.8) is 0 Å². The fraction of sp³-hybridized carbons (Fsp3) is 0.526. The van der Waals surface area contributed by atoms with Gasteiger partial charge in [0.1, 0.15) is 11.1 Å². The quantitative estimate of drug-likeness (QED) is 0.469. The van der Waals surface area contributed by atoms with E-state index in [2.05, 4.69) is 25.5 Å². The summed E-state index contributed by atoms with van der Waals surface area (Å²) >= 11 is 3.24. The van der Waals surface area contributed by atoms with Crippen molar-refractivity contribution >= 4 is 33.8 Å². The largest absolute Gasteiger partial charge is 1.00 e. The number of carbonyl (C=O) groups is 1. The summed E-state index contributed by atoms with van der Waals surface area (Å²) in [4.78, 5) is 14.7. The molecule has 0 saturated carbocycles. The van der Waals surface area contributed by atoms with Gasteiger partial charge in [0.15, 0.2) is 0 Å². The molecule has 0 aromatic carbocycles. The Balaban J connectivity index is 0.00000196. The molecule has 0 radical (unpaired) electrons. The monoisotopic (exact) mass is 504 g/mol. The van der Waals surface area contributed by atoms with Crippen LogP contribution in [0.5, 0.6) is 0 Å². The first-order chi connectivity index (χ1) is 12.0. The van der Waals surface area contributed by atoms with E-state index in [0.717, 1.165) is 27.9 Å². The van der Waals surface area contributed by atoms with Gasteiger partial charge < -0.3 is 33.2 Å². The van der Waals surface area contributed by atoms with Crippen molar-refractivity contribution in [3.8, 4) is 0 Å². The number of nitrogens with zero attached hydrogens (tertiary/aromatic N) is 2. The third-order valence-electron chi connectivity index (χ3n) is 5.97. The maximum absolute atomic E-state index is 12.9. The van der Waals surface area contributed by atoms with E-state index in [4.69, 9.17) is 4.74 Å². The highest BCUT2D eigenvalue weighted by molar-refractivity contribution is 7.14. The third kappa shape index (κ3) is 3.95. The molecule has 0 aliphatic carbocycles. The van der Waals surface area contributed by atoms with Crippen LogP contribution >= 0.6 is 22.7 Å². The number of hydrogen-bond donors (Lipinski definition) is 0. The maximum atomic E-state index is 12.9. The lowest BCUT2D eigenvalue weighted by molar-refractivity contribution is -0.931. The maximum Gasteiger partial charge on any atom is 0.415 e. The number of rotatable bonds is 4. The van der Waals surface area contributed by atoms with Crippen LogP contribution in [0.1, 0.15) is 31.2 Å². The molecule has 2 unspecified atom stereocenters. The van der Waals surface area contributed by atoms with Gasteiger partial charge in [-0.1, -0.05) is 0 Å². The van der Waals surface area contributed by atoms with E-state index in [0.29, 0.717) is 18.6 Å². The molecule has 2 fully saturated rings. The smallest absolute Gasteiger partial charge is 0.415 e. The van der Waals surface area contributed by atoms with Crippen LogP contribution in [-0.2, 0) is 11.3 Å². The lowest BCUT2D eigenvalue weighted by Crippen LogP contribution is -3.00. The number of fused-ring (bicyclic) bond motifs is 2. The van der Waals surface area contributed by atoms with Gasteiger partial charge in [-0.15, -0.1) is 11.3 Å². The average molecular weight is 504 g/mol. The zero-order valence-corrected chi connectivity index (χ0v) is 18.9. The summed E-state index contributed by atoms with van der Waals surface area (Å²) < 4.78 is 7.08. The Hall–Kier alpha value is -0.640. The van der Waals surface area contributed by atoms with Gasteiger partial charge in [0, 0.05) is 25.7 Å². The summed E-state index contributed by atoms with van der Waals surface area (Å²) in [5.74, 6) is 0. The Kier molecular flexibility index (Phi) is 6.31. The van der Waals surface area contributed by atoms with E-state index in [1.165, 1.54) is 12.8 Å². The molecule has 2 aliphatic heterocycles. The number of ether oxygens (including phenoxy) is 1. The van der Waals surface area contributed by atoms with Crippen LogP contribution in [0.4, 0.5) is 9.80 Å². The molecule has 26 heavy (non-hydrogen) atoms. The fourth-order valence-corrected chi connectivity index (χ4v) is 5.73. The van der Waals surface area contributed by atoms with E-state index >= 15 is 0 Å². The highest BCUT2D eigenvalue weighted by Crippen LogP contribution is 2.40. The molecule has 2 bridgehead atoms. The molecular weight excluding hydrogens is 479 g/mol. The number of anilines is 1. The van der Waals surface area contributed by atoms with Gasteiger partial charge in [-0.3, -0.25) is 4.90 Å². The Bertz CT molecular complexity index is 702. The second-order valence-electron chi connectivity index (χ2n) is 7.66. The highest BCUT2D eigenvalue weighted by Gasteiger charge is 2.50. The van der Waals surface area contributed by atoms with Gasteiger partial charge >= 0.3 is 6.09 Å². The standard InChI is InChI=1S/C19H25N2O2S2.HI/c1-21(2)15-5-6-16(21)11-17(10-15)23-19(22)20(18-4-3-8-25-18)12-14-7-9-24-13-14;/h3-4,7-9,13,15-17H,5-6,10-12H2,1-2H3;1H/q+1;/p-1. The van der Waals surface area contributed by atoms with Crippen LogP contribution in [0.15, 0.2) is 34.3 Å². The first kappa shape index (κ1) is 20.1. The van der Waals surface area contributed by atoms with Gasteiger partial charge in [-0.25, -0.2) is 4.79 Å². The second kappa shape index (κ2) is 8.16. The van der Waals surface area contributed by atoms with Crippen molar-refractivity contribution in [1.29, 1.82) is 0 Å². The van der Waals surface area contributed by atoms with Crippen molar-refractivity contribution in [2.24, 2.45) is 0 Å². The molecule has 142 valence electrons. The molecule has 2 aromatic heterocycles. The van der Waals surface area contributed by atoms with Gasteiger partial charge in [-0.05, 0) is 39.9 Å². The molecule has 4 rings (SSSR count).